The van der Waals surface area contributed by atoms with Gasteiger partial charge in [0.2, 0.25) is 12.2 Å². The number of hydrogen-bond donors (Lipinski definition) is 7. The summed E-state index contributed by atoms with van der Waals surface area (Å²) in [5.41, 5.74) is 3.41. The Balaban J connectivity index is 1.04. The Kier molecular flexibility index (Phi) is 11.4. The summed E-state index contributed by atoms with van der Waals surface area (Å²) in [5.74, 6) is -0.234. The van der Waals surface area contributed by atoms with Crippen molar-refractivity contribution in [2.75, 3.05) is 13.4 Å². The smallest absolute Gasteiger partial charge is 0.247 e. The van der Waals surface area contributed by atoms with Crippen LogP contribution in [0.5, 0.6) is 17.2 Å². The summed E-state index contributed by atoms with van der Waals surface area (Å²) in [6.45, 7) is 3.31. The molecule has 51 heavy (non-hydrogen) atoms. The van der Waals surface area contributed by atoms with Crippen LogP contribution in [-0.4, -0.2) is 111 Å². The lowest BCUT2D eigenvalue weighted by Crippen LogP contribution is -2.67. The van der Waals surface area contributed by atoms with Crippen LogP contribution < -0.4 is 14.8 Å². The fourth-order valence-electron chi connectivity index (χ4n) is 6.49. The molecule has 0 spiro atoms. The maximum absolute atomic E-state index is 12.9. The van der Waals surface area contributed by atoms with Gasteiger partial charge in [-0.25, -0.2) is 0 Å². The average molecular weight is 706 g/mol. The van der Waals surface area contributed by atoms with E-state index in [1.54, 1.807) is 19.1 Å². The Morgan fingerprint density at radius 1 is 0.843 bits per heavy atom. The number of fused-ring (bicyclic) bond motifs is 1. The minimum absolute atomic E-state index is 0.0260. The van der Waals surface area contributed by atoms with E-state index in [9.17, 15) is 35.4 Å². The van der Waals surface area contributed by atoms with Crippen molar-refractivity contribution >= 4 is 12.0 Å². The Morgan fingerprint density at radius 3 is 2.29 bits per heavy atom. The second-order valence-corrected chi connectivity index (χ2v) is 13.0. The highest BCUT2D eigenvalue weighted by Gasteiger charge is 2.53. The number of para-hydroxylation sites is 1. The number of carbonyl (C=O) groups excluding carboxylic acids is 1. The molecule has 2 aliphatic heterocycles. The van der Waals surface area contributed by atoms with Gasteiger partial charge < -0.3 is 59.6 Å². The van der Waals surface area contributed by atoms with Gasteiger partial charge in [-0.1, -0.05) is 54.6 Å². The third-order valence-electron chi connectivity index (χ3n) is 9.39. The van der Waals surface area contributed by atoms with E-state index in [1.165, 1.54) is 25.1 Å². The first-order valence-corrected chi connectivity index (χ1v) is 16.7. The lowest BCUT2D eigenvalue weighted by Gasteiger charge is -2.41. The van der Waals surface area contributed by atoms with Gasteiger partial charge >= 0.3 is 0 Å². The fraction of sp³-hybridized carbons (Fsp3) is 0.395. The van der Waals surface area contributed by atoms with Gasteiger partial charge in [-0.05, 0) is 66.5 Å². The number of amides is 1. The molecule has 3 aromatic carbocycles. The Hall–Kier alpha value is -4.31. The van der Waals surface area contributed by atoms with E-state index < -0.39 is 67.1 Å². The lowest BCUT2D eigenvalue weighted by atomic mass is 9.83. The van der Waals surface area contributed by atoms with E-state index >= 15 is 0 Å². The maximum Gasteiger partial charge on any atom is 0.247 e. The second-order valence-electron chi connectivity index (χ2n) is 13.0. The van der Waals surface area contributed by atoms with Crippen LogP contribution in [-0.2, 0) is 25.4 Å². The monoisotopic (exact) mass is 705 g/mol. The number of hydrogen-bond acceptors (Lipinski definition) is 12. The minimum Gasteiger partial charge on any atom is -0.504 e. The number of aliphatic hydroxyl groups excluding tert-OH is 5. The van der Waals surface area contributed by atoms with Crippen LogP contribution >= 0.6 is 0 Å². The number of benzene rings is 3. The van der Waals surface area contributed by atoms with Gasteiger partial charge in [-0.3, -0.25) is 4.79 Å². The van der Waals surface area contributed by atoms with E-state index in [-0.39, 0.29) is 30.5 Å². The molecule has 0 unspecified atom stereocenters. The van der Waals surface area contributed by atoms with Crippen molar-refractivity contribution in [1.82, 2.24) is 5.32 Å². The lowest BCUT2D eigenvalue weighted by molar-refractivity contribution is -0.155. The molecule has 13 nitrogen and oxygen atoms in total. The highest BCUT2D eigenvalue weighted by molar-refractivity contribution is 5.97. The van der Waals surface area contributed by atoms with E-state index in [2.05, 4.69) is 17.4 Å². The van der Waals surface area contributed by atoms with Gasteiger partial charge in [0.05, 0.1) is 6.04 Å². The molecule has 2 heterocycles. The van der Waals surface area contributed by atoms with Crippen LogP contribution in [0.4, 0.5) is 0 Å². The molecule has 6 rings (SSSR count). The van der Waals surface area contributed by atoms with Crippen LogP contribution in [0.2, 0.25) is 0 Å². The predicted octanol–water partition coefficient (Wildman–Crippen LogP) is 1.56. The van der Waals surface area contributed by atoms with E-state index in [4.69, 9.17) is 23.7 Å². The van der Waals surface area contributed by atoms with Gasteiger partial charge in [0.25, 0.3) is 0 Å². The first kappa shape index (κ1) is 36.5. The number of phenolic OH excluding ortho intramolecular Hbond substituents is 1. The quantitative estimate of drug-likeness (QED) is 0.113. The maximum atomic E-state index is 12.9. The highest BCUT2D eigenvalue weighted by Crippen LogP contribution is 2.34. The van der Waals surface area contributed by atoms with Crippen LogP contribution in [0.3, 0.4) is 0 Å². The number of carbonyl (C=O) groups is 1. The van der Waals surface area contributed by atoms with Crippen molar-refractivity contribution in [3.63, 3.8) is 0 Å². The molecule has 13 heteroatoms. The highest BCUT2D eigenvalue weighted by atomic mass is 16.7. The molecule has 3 aromatic rings. The van der Waals surface area contributed by atoms with E-state index in [1.807, 2.05) is 42.5 Å². The molecule has 10 atom stereocenters. The molecule has 272 valence electrons. The molecule has 1 saturated carbocycles. The summed E-state index contributed by atoms with van der Waals surface area (Å²) in [4.78, 5) is 12.9. The SMILES string of the molecule is C/C(=C\c1ccc(O[C@@H]2O[C@H](/C(C)=C/COc3ccccc3Cc3ccccc3)[C@@H](O)[C@@H]2O)c(O)c1)C(=O)N[C@@H]1[C@H](O)[C@@H](O)[C@H]2OCO[C@H]2[C@@H]1O. The van der Waals surface area contributed by atoms with Gasteiger partial charge in [0.15, 0.2) is 11.5 Å². The molecule has 3 aliphatic rings. The Labute approximate surface area is 294 Å². The minimum atomic E-state index is -1.49. The molecule has 2 saturated heterocycles. The van der Waals surface area contributed by atoms with Gasteiger partial charge in [0.1, 0.15) is 68.0 Å². The van der Waals surface area contributed by atoms with Crippen molar-refractivity contribution in [2.45, 2.75) is 81.4 Å². The van der Waals surface area contributed by atoms with Crippen molar-refractivity contribution in [2.24, 2.45) is 0 Å². The summed E-state index contributed by atoms with van der Waals surface area (Å²) in [6, 6.07) is 20.9. The molecule has 0 aromatic heterocycles. The average Bonchev–Trinajstić information content (AvgIpc) is 3.73. The number of phenols is 1. The summed E-state index contributed by atoms with van der Waals surface area (Å²) in [6.07, 6.45) is -6.96. The number of aliphatic hydroxyl groups is 5. The standard InChI is InChI=1S/C38H43NO12/c1-20(14-15-47-26-11-7-6-10-24(26)17-22-8-4-3-5-9-22)34-32(44)33(45)38(51-34)50-27-13-12-23(18-25(27)40)16-21(2)37(46)39-28-29(41)31(43)36-35(30(28)42)48-19-49-36/h3-14,16,18,28-36,38,40-45H,15,17,19H2,1-2H3,(H,39,46)/b20-14+,21-16+/t28-,29+,30-,31-,32+,33+,34-,35+,36-,38-/m1/s1. The summed E-state index contributed by atoms with van der Waals surface area (Å²) in [7, 11) is 0. The number of nitrogens with one attached hydrogen (secondary N) is 1. The number of rotatable bonds is 11. The third kappa shape index (κ3) is 8.11. The van der Waals surface area contributed by atoms with E-state index in [0.29, 0.717) is 17.6 Å². The molecular formula is C38H43NO12. The van der Waals surface area contributed by atoms with Crippen LogP contribution in [0.15, 0.2) is 90.0 Å². The molecule has 1 amide bonds. The molecule has 1 aliphatic carbocycles. The Bertz CT molecular complexity index is 1730. The molecular weight excluding hydrogens is 662 g/mol. The Morgan fingerprint density at radius 2 is 1.55 bits per heavy atom. The normalized spacial score (nSPS) is 30.9. The van der Waals surface area contributed by atoms with Crippen LogP contribution in [0.1, 0.15) is 30.5 Å². The molecule has 7 N–H and O–H groups in total. The zero-order valence-electron chi connectivity index (χ0n) is 28.1. The van der Waals surface area contributed by atoms with Crippen molar-refractivity contribution < 1.29 is 59.1 Å². The summed E-state index contributed by atoms with van der Waals surface area (Å²) < 4.78 is 28.2. The summed E-state index contributed by atoms with van der Waals surface area (Å²) in [5, 5.41) is 66.2. The predicted molar refractivity (Wildman–Crippen MR) is 183 cm³/mol. The molecule has 3 fully saturated rings. The largest absolute Gasteiger partial charge is 0.504 e. The van der Waals surface area contributed by atoms with Gasteiger partial charge in [-0.15, -0.1) is 0 Å². The second kappa shape index (κ2) is 15.9. The van der Waals surface area contributed by atoms with Gasteiger partial charge in [-0.2, -0.15) is 0 Å². The zero-order valence-corrected chi connectivity index (χ0v) is 28.1. The first-order valence-electron chi connectivity index (χ1n) is 16.7. The van der Waals surface area contributed by atoms with Crippen molar-refractivity contribution in [3.05, 3.63) is 107 Å². The van der Waals surface area contributed by atoms with Gasteiger partial charge in [0, 0.05) is 12.0 Å². The van der Waals surface area contributed by atoms with Crippen molar-refractivity contribution in [1.29, 1.82) is 0 Å². The van der Waals surface area contributed by atoms with E-state index in [0.717, 1.165) is 16.9 Å². The van der Waals surface area contributed by atoms with Crippen LogP contribution in [0.25, 0.3) is 6.08 Å². The summed E-state index contributed by atoms with van der Waals surface area (Å²) >= 11 is 0. The topological polar surface area (TPSA) is 197 Å². The zero-order chi connectivity index (χ0) is 36.2. The number of aromatic hydroxyl groups is 1. The third-order valence-corrected chi connectivity index (χ3v) is 9.39. The van der Waals surface area contributed by atoms with Crippen molar-refractivity contribution in [3.8, 4) is 17.2 Å². The van der Waals surface area contributed by atoms with Crippen LogP contribution in [0, 0.1) is 0 Å². The first-order chi connectivity index (χ1) is 24.5. The number of ether oxygens (including phenoxy) is 5. The molecule has 0 bridgehead atoms. The fourth-order valence-corrected chi connectivity index (χ4v) is 6.49. The molecule has 0 radical (unpaired) electrons.